The quantitative estimate of drug-likeness (QED) is 0.525. The minimum atomic E-state index is -0.513. The first-order valence-electron chi connectivity index (χ1n) is 5.87. The topological polar surface area (TPSA) is 127 Å². The van der Waals surface area contributed by atoms with Crippen LogP contribution in [0.5, 0.6) is 0 Å². The van der Waals surface area contributed by atoms with Gasteiger partial charge in [0.25, 0.3) is 5.69 Å². The van der Waals surface area contributed by atoms with Gasteiger partial charge >= 0.3 is 0 Å². The first kappa shape index (κ1) is 15.6. The highest BCUT2D eigenvalue weighted by molar-refractivity contribution is 5.95. The number of benzene rings is 1. The molecule has 1 aromatic carbocycles. The van der Waals surface area contributed by atoms with Gasteiger partial charge < -0.3 is 16.4 Å². The first-order chi connectivity index (χ1) is 9.35. The molecule has 0 aliphatic rings. The molecule has 4 N–H and O–H groups in total. The van der Waals surface area contributed by atoms with Crippen LogP contribution in [0.1, 0.15) is 11.1 Å². The Morgan fingerprint density at radius 1 is 1.25 bits per heavy atom. The standard InChI is InChI=1S/C12H16N4O4/c1-7-3-8(2)10(16(19)20)4-9(7)15-12(18)6-14-11(17)5-13/h3-4H,5-6,13H2,1-2H3,(H,14,17)(H,15,18). The number of hydrogen-bond donors (Lipinski definition) is 3. The molecular weight excluding hydrogens is 264 g/mol. The summed E-state index contributed by atoms with van der Waals surface area (Å²) in [5, 5.41) is 15.7. The Morgan fingerprint density at radius 3 is 2.45 bits per heavy atom. The predicted octanol–water partition coefficient (Wildman–Crippen LogP) is 0.225. The number of hydrogen-bond acceptors (Lipinski definition) is 5. The molecular formula is C12H16N4O4. The Kier molecular flexibility index (Phi) is 5.15. The summed E-state index contributed by atoms with van der Waals surface area (Å²) >= 11 is 0. The monoisotopic (exact) mass is 280 g/mol. The van der Waals surface area contributed by atoms with Crippen LogP contribution < -0.4 is 16.4 Å². The van der Waals surface area contributed by atoms with E-state index in [1.807, 2.05) is 0 Å². The van der Waals surface area contributed by atoms with Gasteiger partial charge in [0.1, 0.15) is 0 Å². The van der Waals surface area contributed by atoms with Crippen LogP contribution in [0.15, 0.2) is 12.1 Å². The molecule has 0 bridgehead atoms. The molecule has 20 heavy (non-hydrogen) atoms. The van der Waals surface area contributed by atoms with Crippen LogP contribution in [0.3, 0.4) is 0 Å². The molecule has 0 saturated carbocycles. The number of nitrogens with two attached hydrogens (primary N) is 1. The van der Waals surface area contributed by atoms with Crippen molar-refractivity contribution in [3.8, 4) is 0 Å². The zero-order chi connectivity index (χ0) is 15.3. The molecule has 8 heteroatoms. The minimum absolute atomic E-state index is 0.0723. The van der Waals surface area contributed by atoms with Gasteiger partial charge in [0.2, 0.25) is 11.8 Å². The minimum Gasteiger partial charge on any atom is -0.346 e. The molecule has 0 unspecified atom stereocenters. The number of anilines is 1. The fraction of sp³-hybridized carbons (Fsp3) is 0.333. The van der Waals surface area contributed by atoms with E-state index in [1.54, 1.807) is 19.9 Å². The third-order valence-electron chi connectivity index (χ3n) is 2.65. The van der Waals surface area contributed by atoms with Crippen LogP contribution >= 0.6 is 0 Å². The molecule has 8 nitrogen and oxygen atoms in total. The second-order valence-electron chi connectivity index (χ2n) is 4.24. The zero-order valence-electron chi connectivity index (χ0n) is 11.2. The SMILES string of the molecule is Cc1cc(C)c([N+](=O)[O-])cc1NC(=O)CNC(=O)CN. The molecule has 1 rings (SSSR count). The van der Waals surface area contributed by atoms with Gasteiger partial charge in [-0.15, -0.1) is 0 Å². The van der Waals surface area contributed by atoms with E-state index in [0.717, 1.165) is 0 Å². The van der Waals surface area contributed by atoms with E-state index in [0.29, 0.717) is 16.8 Å². The van der Waals surface area contributed by atoms with Crippen molar-refractivity contribution in [3.63, 3.8) is 0 Å². The summed E-state index contributed by atoms with van der Waals surface area (Å²) < 4.78 is 0. The number of carbonyl (C=O) groups is 2. The van der Waals surface area contributed by atoms with Crippen LogP contribution in [-0.2, 0) is 9.59 Å². The maximum atomic E-state index is 11.6. The summed E-state index contributed by atoms with van der Waals surface area (Å²) in [4.78, 5) is 32.9. The molecule has 0 spiro atoms. The van der Waals surface area contributed by atoms with Crippen LogP contribution in [0.4, 0.5) is 11.4 Å². The van der Waals surface area contributed by atoms with E-state index >= 15 is 0 Å². The molecule has 0 saturated heterocycles. The van der Waals surface area contributed by atoms with Gasteiger partial charge in [0.15, 0.2) is 0 Å². The lowest BCUT2D eigenvalue weighted by molar-refractivity contribution is -0.385. The Hall–Kier alpha value is -2.48. The largest absolute Gasteiger partial charge is 0.346 e. The van der Waals surface area contributed by atoms with Crippen LogP contribution in [-0.4, -0.2) is 29.8 Å². The van der Waals surface area contributed by atoms with Crippen molar-refractivity contribution in [1.29, 1.82) is 0 Å². The Balaban J connectivity index is 2.82. The lowest BCUT2D eigenvalue weighted by Gasteiger charge is -2.10. The highest BCUT2D eigenvalue weighted by atomic mass is 16.6. The molecule has 0 aliphatic carbocycles. The molecule has 0 aliphatic heterocycles. The van der Waals surface area contributed by atoms with Crippen molar-refractivity contribution in [2.24, 2.45) is 5.73 Å². The summed E-state index contributed by atoms with van der Waals surface area (Å²) in [6.45, 7) is 2.91. The van der Waals surface area contributed by atoms with Gasteiger partial charge in [0.05, 0.1) is 23.7 Å². The Labute approximate surface area is 115 Å². The summed E-state index contributed by atoms with van der Waals surface area (Å²) in [6, 6.07) is 2.92. The third kappa shape index (κ3) is 4.02. The average molecular weight is 280 g/mol. The number of nitrogens with one attached hydrogen (secondary N) is 2. The van der Waals surface area contributed by atoms with Gasteiger partial charge in [-0.25, -0.2) is 0 Å². The number of nitro benzene ring substituents is 1. The average Bonchev–Trinajstić information content (AvgIpc) is 2.38. The zero-order valence-corrected chi connectivity index (χ0v) is 11.2. The lowest BCUT2D eigenvalue weighted by Crippen LogP contribution is -2.36. The highest BCUT2D eigenvalue weighted by Gasteiger charge is 2.15. The first-order valence-corrected chi connectivity index (χ1v) is 5.87. The molecule has 0 heterocycles. The summed E-state index contributed by atoms with van der Waals surface area (Å²) in [5.74, 6) is -0.931. The number of rotatable bonds is 5. The number of carbonyl (C=O) groups excluding carboxylic acids is 2. The third-order valence-corrected chi connectivity index (χ3v) is 2.65. The van der Waals surface area contributed by atoms with Gasteiger partial charge in [0, 0.05) is 11.6 Å². The Bertz CT molecular complexity index is 557. The molecule has 2 amide bonds. The summed E-state index contributed by atoms with van der Waals surface area (Å²) in [7, 11) is 0. The van der Waals surface area contributed by atoms with Gasteiger partial charge in [-0.1, -0.05) is 0 Å². The summed E-state index contributed by atoms with van der Waals surface area (Å²) in [6.07, 6.45) is 0. The molecule has 108 valence electrons. The van der Waals surface area contributed by atoms with Crippen molar-refractivity contribution in [2.75, 3.05) is 18.4 Å². The second kappa shape index (κ2) is 6.62. The highest BCUT2D eigenvalue weighted by Crippen LogP contribution is 2.26. The predicted molar refractivity (Wildman–Crippen MR) is 73.3 cm³/mol. The van der Waals surface area contributed by atoms with Crippen LogP contribution in [0.25, 0.3) is 0 Å². The van der Waals surface area contributed by atoms with Crippen molar-refractivity contribution < 1.29 is 14.5 Å². The van der Waals surface area contributed by atoms with Gasteiger partial charge in [-0.05, 0) is 25.5 Å². The van der Waals surface area contributed by atoms with E-state index in [1.165, 1.54) is 6.07 Å². The lowest BCUT2D eigenvalue weighted by atomic mass is 10.1. The van der Waals surface area contributed by atoms with E-state index < -0.39 is 16.7 Å². The molecule has 0 atom stereocenters. The van der Waals surface area contributed by atoms with E-state index in [4.69, 9.17) is 5.73 Å². The molecule has 1 aromatic rings. The molecule has 0 fully saturated rings. The maximum Gasteiger partial charge on any atom is 0.274 e. The fourth-order valence-electron chi connectivity index (χ4n) is 1.62. The number of nitro groups is 1. The molecule has 0 aromatic heterocycles. The fourth-order valence-corrected chi connectivity index (χ4v) is 1.62. The van der Waals surface area contributed by atoms with Gasteiger partial charge in [-0.2, -0.15) is 0 Å². The van der Waals surface area contributed by atoms with E-state index in [9.17, 15) is 19.7 Å². The maximum absolute atomic E-state index is 11.6. The van der Waals surface area contributed by atoms with Crippen molar-refractivity contribution in [1.82, 2.24) is 5.32 Å². The van der Waals surface area contributed by atoms with Crippen molar-refractivity contribution in [3.05, 3.63) is 33.4 Å². The normalized spacial score (nSPS) is 9.95. The number of amides is 2. The van der Waals surface area contributed by atoms with E-state index in [2.05, 4.69) is 10.6 Å². The number of aryl methyl sites for hydroxylation is 2. The molecule has 0 radical (unpaired) electrons. The number of nitrogens with zero attached hydrogens (tertiary/aromatic N) is 1. The van der Waals surface area contributed by atoms with Crippen LogP contribution in [0, 0.1) is 24.0 Å². The second-order valence-corrected chi connectivity index (χ2v) is 4.24. The van der Waals surface area contributed by atoms with Crippen molar-refractivity contribution in [2.45, 2.75) is 13.8 Å². The van der Waals surface area contributed by atoms with Crippen LogP contribution in [0.2, 0.25) is 0 Å². The van der Waals surface area contributed by atoms with Crippen molar-refractivity contribution >= 4 is 23.2 Å². The van der Waals surface area contributed by atoms with Gasteiger partial charge in [-0.3, -0.25) is 19.7 Å². The summed E-state index contributed by atoms with van der Waals surface area (Å²) in [5.41, 5.74) is 6.57. The smallest absolute Gasteiger partial charge is 0.274 e. The Morgan fingerprint density at radius 2 is 1.90 bits per heavy atom. The van der Waals surface area contributed by atoms with E-state index in [-0.39, 0.29) is 18.8 Å².